The number of nitriles is 8. The average molecular weight is 481 g/mol. The Morgan fingerprint density at radius 3 is 0.781 bits per heavy atom. The molecule has 2 aromatic heterocycles. The van der Waals surface area contributed by atoms with Gasteiger partial charge in [-0.2, -0.15) is 42.1 Å². The van der Waals surface area contributed by atoms with Crippen LogP contribution in [0.5, 0.6) is 0 Å². The number of hydrogen-bond acceptors (Lipinski definition) is 12. The molecular formula is C20N8S4. The molecule has 0 N–H and O–H groups in total. The van der Waals surface area contributed by atoms with Crippen LogP contribution in [0, 0.1) is 90.6 Å². The minimum absolute atomic E-state index is 0.0325. The van der Waals surface area contributed by atoms with E-state index in [2.05, 4.69) is 0 Å². The summed E-state index contributed by atoms with van der Waals surface area (Å²) >= 11 is 3.40. The van der Waals surface area contributed by atoms with E-state index in [0.717, 1.165) is 45.3 Å². The Morgan fingerprint density at radius 1 is 0.406 bits per heavy atom. The van der Waals surface area contributed by atoms with Crippen LogP contribution in [0.3, 0.4) is 0 Å². The zero-order chi connectivity index (χ0) is 23.4. The fourth-order valence-electron chi connectivity index (χ4n) is 2.67. The summed E-state index contributed by atoms with van der Waals surface area (Å²) in [5.41, 5.74) is -0.618. The van der Waals surface area contributed by atoms with Crippen molar-refractivity contribution < 1.29 is 0 Å². The number of rotatable bonds is 0. The highest BCUT2D eigenvalue weighted by atomic mass is 32.1. The summed E-state index contributed by atoms with van der Waals surface area (Å²) < 4.78 is 1.02. The summed E-state index contributed by atoms with van der Waals surface area (Å²) in [5, 5.41) is 76.5. The van der Waals surface area contributed by atoms with Crippen molar-refractivity contribution >= 4 is 75.3 Å². The number of benzene rings is 1. The molecule has 0 unspecified atom stereocenters. The fraction of sp³-hybridized carbons (Fsp3) is 0. The molecular weight excluding hydrogens is 481 g/mol. The number of fused-ring (bicyclic) bond motifs is 2. The Balaban J connectivity index is 3.06. The monoisotopic (exact) mass is 480 g/mol. The summed E-state index contributed by atoms with van der Waals surface area (Å²) in [6, 6.07) is 14.9. The van der Waals surface area contributed by atoms with E-state index in [4.69, 9.17) is 0 Å². The number of hydrogen-bond donors (Lipinski definition) is 0. The normalized spacial score (nSPS) is 9.00. The summed E-state index contributed by atoms with van der Waals surface area (Å²) in [7, 11) is 0. The van der Waals surface area contributed by atoms with Crippen LogP contribution in [0.15, 0.2) is 0 Å². The molecule has 144 valence electrons. The zero-order valence-corrected chi connectivity index (χ0v) is 18.5. The molecule has 1 aromatic carbocycles. The molecule has 0 saturated carbocycles. The molecule has 3 rings (SSSR count). The van der Waals surface area contributed by atoms with E-state index < -0.39 is 0 Å². The third-order valence-corrected chi connectivity index (χ3v) is 8.87. The first-order valence-corrected chi connectivity index (χ1v) is 11.2. The fourth-order valence-corrected chi connectivity index (χ4v) is 7.35. The van der Waals surface area contributed by atoms with Crippen LogP contribution in [0.2, 0.25) is 0 Å². The van der Waals surface area contributed by atoms with E-state index in [1.165, 1.54) is 0 Å². The lowest BCUT2D eigenvalue weighted by Crippen LogP contribution is -2.17. The van der Waals surface area contributed by atoms with Gasteiger partial charge in [-0.05, 0) is 0 Å². The molecule has 0 aliphatic rings. The van der Waals surface area contributed by atoms with Gasteiger partial charge in [0.2, 0.25) is 0 Å². The molecule has 12 heteroatoms. The van der Waals surface area contributed by atoms with E-state index in [1.54, 1.807) is 24.3 Å². The second-order valence-corrected chi connectivity index (χ2v) is 9.52. The third-order valence-electron chi connectivity index (χ3n) is 3.90. The molecule has 3 aromatic rings. The lowest BCUT2D eigenvalue weighted by Gasteiger charge is -2.08. The molecule has 0 saturated heterocycles. The van der Waals surface area contributed by atoms with Crippen molar-refractivity contribution in [3.63, 3.8) is 0 Å². The predicted octanol–water partition coefficient (Wildman–Crippen LogP) is 3.25. The largest absolute Gasteiger partial charge is 0.192 e. The van der Waals surface area contributed by atoms with Crippen molar-refractivity contribution in [3.05, 3.63) is 29.9 Å². The van der Waals surface area contributed by atoms with Crippen LogP contribution in [0.1, 0.15) is 19.5 Å². The van der Waals surface area contributed by atoms with Gasteiger partial charge in [0, 0.05) is 10.4 Å². The molecule has 32 heavy (non-hydrogen) atoms. The summed E-state index contributed by atoms with van der Waals surface area (Å²) in [6.45, 7) is 0. The Kier molecular flexibility index (Phi) is 6.13. The minimum atomic E-state index is -0.309. The van der Waals surface area contributed by atoms with E-state index in [-0.39, 0.29) is 59.9 Å². The molecule has 0 atom stereocenters. The maximum Gasteiger partial charge on any atom is 0.139 e. The zero-order valence-electron chi connectivity index (χ0n) is 15.2. The number of nitrogens with zero attached hydrogens (tertiary/aromatic N) is 8. The highest BCUT2D eigenvalue weighted by Crippen LogP contribution is 2.33. The van der Waals surface area contributed by atoms with Gasteiger partial charge in [-0.3, -0.25) is 0 Å². The third kappa shape index (κ3) is 3.28. The van der Waals surface area contributed by atoms with Crippen LogP contribution in [0.25, 0.3) is 29.9 Å². The Bertz CT molecular complexity index is 1600. The van der Waals surface area contributed by atoms with Gasteiger partial charge in [0.15, 0.2) is 0 Å². The van der Waals surface area contributed by atoms with Crippen molar-refractivity contribution in [2.75, 3.05) is 0 Å². The molecule has 0 radical (unpaired) electrons. The summed E-state index contributed by atoms with van der Waals surface area (Å²) in [6.07, 6.45) is 0. The van der Waals surface area contributed by atoms with Gasteiger partial charge < -0.3 is 0 Å². The van der Waals surface area contributed by atoms with Crippen molar-refractivity contribution in [3.8, 4) is 48.6 Å². The minimum Gasteiger partial charge on any atom is -0.192 e. The van der Waals surface area contributed by atoms with Crippen molar-refractivity contribution in [2.24, 2.45) is 0 Å². The molecule has 0 amide bonds. The molecule has 0 bridgehead atoms. The molecule has 2 heterocycles. The lowest BCUT2D eigenvalue weighted by atomic mass is 10.1. The highest BCUT2D eigenvalue weighted by molar-refractivity contribution is 7.32. The van der Waals surface area contributed by atoms with Gasteiger partial charge in [0.1, 0.15) is 79.2 Å². The quantitative estimate of drug-likeness (QED) is 0.438. The van der Waals surface area contributed by atoms with Gasteiger partial charge >= 0.3 is 0 Å². The van der Waals surface area contributed by atoms with Crippen LogP contribution in [-0.2, 0) is 0 Å². The average Bonchev–Trinajstić information content (AvgIpc) is 2.84. The first kappa shape index (κ1) is 21.9. The SMILES string of the molecule is N#CC(C#N)=c1c2sc(C#N)c(C#N)sc2c(=C(C#N)C#N)c2sc(C#N)c(C#N)sc12. The smallest absolute Gasteiger partial charge is 0.139 e. The van der Waals surface area contributed by atoms with E-state index >= 15 is 0 Å². The molecule has 0 fully saturated rings. The molecule has 0 aliphatic heterocycles. The predicted molar refractivity (Wildman–Crippen MR) is 118 cm³/mol. The van der Waals surface area contributed by atoms with Gasteiger partial charge in [0.05, 0.1) is 18.8 Å². The first-order valence-electron chi connectivity index (χ1n) is 7.92. The second-order valence-electron chi connectivity index (χ2n) is 5.44. The molecule has 0 aliphatic carbocycles. The second kappa shape index (κ2) is 8.94. The van der Waals surface area contributed by atoms with Crippen LogP contribution in [0.4, 0.5) is 0 Å². The van der Waals surface area contributed by atoms with Gasteiger partial charge in [0.25, 0.3) is 0 Å². The first-order chi connectivity index (χ1) is 15.5. The van der Waals surface area contributed by atoms with Crippen LogP contribution in [-0.4, -0.2) is 0 Å². The Hall–Kier alpha value is -4.76. The topological polar surface area (TPSA) is 190 Å². The van der Waals surface area contributed by atoms with Crippen molar-refractivity contribution in [1.29, 1.82) is 42.1 Å². The van der Waals surface area contributed by atoms with Gasteiger partial charge in [-0.25, -0.2) is 0 Å². The van der Waals surface area contributed by atoms with Gasteiger partial charge in [-0.15, -0.1) is 45.3 Å². The van der Waals surface area contributed by atoms with Gasteiger partial charge in [-0.1, -0.05) is 0 Å². The standard InChI is InChI=1S/C20N8S4/c21-1-9(2-22)15-17-19(31-13(7-27)11(5-25)29-17)16(10(3-23)4-24)20-18(15)30-12(6-26)14(8-28)32-20. The highest BCUT2D eigenvalue weighted by Gasteiger charge is 2.20. The van der Waals surface area contributed by atoms with Crippen LogP contribution < -0.4 is 10.4 Å². The van der Waals surface area contributed by atoms with E-state index in [9.17, 15) is 42.1 Å². The maximum atomic E-state index is 9.59. The Morgan fingerprint density at radius 2 is 0.625 bits per heavy atom. The van der Waals surface area contributed by atoms with E-state index in [1.807, 2.05) is 24.3 Å². The molecule has 0 spiro atoms. The maximum absolute atomic E-state index is 9.59. The van der Waals surface area contributed by atoms with Crippen molar-refractivity contribution in [1.82, 2.24) is 0 Å². The Labute approximate surface area is 195 Å². The summed E-state index contributed by atoms with van der Waals surface area (Å²) in [5.74, 6) is 0. The summed E-state index contributed by atoms with van der Waals surface area (Å²) in [4.78, 5) is 0.130. The van der Waals surface area contributed by atoms with Crippen LogP contribution >= 0.6 is 45.3 Å². The lowest BCUT2D eigenvalue weighted by molar-refractivity contribution is 1.49. The van der Waals surface area contributed by atoms with Crippen molar-refractivity contribution in [2.45, 2.75) is 0 Å². The van der Waals surface area contributed by atoms with E-state index in [0.29, 0.717) is 0 Å². The molecule has 8 nitrogen and oxygen atoms in total.